The summed E-state index contributed by atoms with van der Waals surface area (Å²) in [6.45, 7) is 6.04. The number of halogens is 3. The van der Waals surface area contributed by atoms with E-state index in [4.69, 9.17) is 4.74 Å². The van der Waals surface area contributed by atoms with Gasteiger partial charge in [0, 0.05) is 25.7 Å². The van der Waals surface area contributed by atoms with Crippen LogP contribution in [0, 0.1) is 11.8 Å². The molecule has 37 heavy (non-hydrogen) atoms. The van der Waals surface area contributed by atoms with Crippen LogP contribution < -0.4 is 5.32 Å². The number of ether oxygens (including phenoxy) is 1. The number of carbonyl (C=O) groups is 2. The number of carbonyl (C=O) groups excluding carboxylic acids is 2. The Morgan fingerprint density at radius 2 is 1.78 bits per heavy atom. The first-order valence-electron chi connectivity index (χ1n) is 12.6. The smallest absolute Gasteiger partial charge is 0.416 e. The lowest BCUT2D eigenvalue weighted by Gasteiger charge is -2.36. The van der Waals surface area contributed by atoms with Gasteiger partial charge in [-0.25, -0.2) is 13.2 Å². The summed E-state index contributed by atoms with van der Waals surface area (Å²) in [4.78, 5) is 27.0. The summed E-state index contributed by atoms with van der Waals surface area (Å²) in [5, 5.41) is 3.05. The molecular formula is C25H34F3N3O5S. The van der Waals surface area contributed by atoms with Crippen molar-refractivity contribution in [3.05, 3.63) is 29.8 Å². The average Bonchev–Trinajstić information content (AvgIpc) is 3.40. The summed E-state index contributed by atoms with van der Waals surface area (Å²) in [5.74, 6) is -0.433. The van der Waals surface area contributed by atoms with Gasteiger partial charge in [-0.15, -0.1) is 0 Å². The van der Waals surface area contributed by atoms with Gasteiger partial charge in [-0.05, 0) is 82.9 Å². The van der Waals surface area contributed by atoms with Crippen LogP contribution in [0.1, 0.15) is 58.4 Å². The maximum absolute atomic E-state index is 13.3. The van der Waals surface area contributed by atoms with Gasteiger partial charge < -0.3 is 10.1 Å². The number of hydrogen-bond donors (Lipinski definition) is 1. The number of hydrogen-bond acceptors (Lipinski definition) is 5. The number of piperidine rings is 1. The molecule has 1 aromatic rings. The Morgan fingerprint density at radius 3 is 2.46 bits per heavy atom. The molecule has 0 bridgehead atoms. The zero-order valence-electron chi connectivity index (χ0n) is 21.3. The van der Waals surface area contributed by atoms with Crippen LogP contribution in [-0.4, -0.2) is 66.9 Å². The second-order valence-electron chi connectivity index (χ2n) is 11.1. The van der Waals surface area contributed by atoms with E-state index in [9.17, 15) is 31.2 Å². The van der Waals surface area contributed by atoms with Crippen molar-refractivity contribution >= 4 is 22.0 Å². The van der Waals surface area contributed by atoms with Gasteiger partial charge in [-0.3, -0.25) is 9.69 Å². The summed E-state index contributed by atoms with van der Waals surface area (Å²) < 4.78 is 72.4. The van der Waals surface area contributed by atoms with Crippen molar-refractivity contribution in [2.45, 2.75) is 81.6 Å². The molecule has 3 aliphatic rings. The van der Waals surface area contributed by atoms with Crippen LogP contribution >= 0.6 is 0 Å². The van der Waals surface area contributed by atoms with E-state index in [1.165, 1.54) is 15.3 Å². The summed E-state index contributed by atoms with van der Waals surface area (Å²) in [7, 11) is -4.12. The van der Waals surface area contributed by atoms with Gasteiger partial charge in [0.1, 0.15) is 11.6 Å². The Balaban J connectivity index is 1.43. The van der Waals surface area contributed by atoms with Crippen molar-refractivity contribution in [2.75, 3.05) is 19.6 Å². The van der Waals surface area contributed by atoms with Gasteiger partial charge in [-0.2, -0.15) is 17.5 Å². The normalized spacial score (nSPS) is 27.1. The molecule has 1 aliphatic carbocycles. The minimum Gasteiger partial charge on any atom is -0.444 e. The molecule has 8 nitrogen and oxygen atoms in total. The van der Waals surface area contributed by atoms with Gasteiger partial charge >= 0.3 is 12.3 Å². The topological polar surface area (TPSA) is 96.0 Å². The Morgan fingerprint density at radius 1 is 1.05 bits per heavy atom. The van der Waals surface area contributed by atoms with Crippen LogP contribution in [0.25, 0.3) is 0 Å². The Kier molecular flexibility index (Phi) is 7.55. The van der Waals surface area contributed by atoms with E-state index in [0.29, 0.717) is 31.9 Å². The fourth-order valence-corrected chi connectivity index (χ4v) is 7.18. The number of nitrogens with zero attached hydrogens (tertiary/aromatic N) is 2. The van der Waals surface area contributed by atoms with E-state index in [2.05, 4.69) is 5.32 Å². The monoisotopic (exact) mass is 545 g/mol. The zero-order valence-corrected chi connectivity index (χ0v) is 22.1. The molecule has 1 saturated carbocycles. The predicted molar refractivity (Wildman–Crippen MR) is 129 cm³/mol. The lowest BCUT2D eigenvalue weighted by atomic mass is 9.96. The highest BCUT2D eigenvalue weighted by molar-refractivity contribution is 7.89. The molecule has 4 rings (SSSR count). The van der Waals surface area contributed by atoms with E-state index < -0.39 is 44.4 Å². The SMILES string of the molecule is CC(C)(C)OC(=O)N1CCCC[C@H]1C(=O)N[C@@H]1CC[C@H]2CN(S(=O)(=O)c3cccc(C(F)(F)F)c3)C[C@H]21. The van der Waals surface area contributed by atoms with E-state index in [0.717, 1.165) is 25.0 Å². The van der Waals surface area contributed by atoms with Gasteiger partial charge in [0.25, 0.3) is 0 Å². The molecule has 2 saturated heterocycles. The Labute approximate surface area is 215 Å². The maximum atomic E-state index is 13.3. The molecule has 206 valence electrons. The lowest BCUT2D eigenvalue weighted by molar-refractivity contribution is -0.137. The van der Waals surface area contributed by atoms with Crippen molar-refractivity contribution in [3.63, 3.8) is 0 Å². The van der Waals surface area contributed by atoms with Crippen molar-refractivity contribution in [1.29, 1.82) is 0 Å². The fourth-order valence-electron chi connectivity index (χ4n) is 5.60. The van der Waals surface area contributed by atoms with Gasteiger partial charge in [0.05, 0.1) is 10.5 Å². The zero-order chi connectivity index (χ0) is 27.2. The minimum atomic E-state index is -4.64. The molecule has 0 radical (unpaired) electrons. The van der Waals surface area contributed by atoms with Gasteiger partial charge in [0.2, 0.25) is 15.9 Å². The van der Waals surface area contributed by atoms with E-state index in [1.54, 1.807) is 20.8 Å². The highest BCUT2D eigenvalue weighted by Gasteiger charge is 2.48. The number of rotatable bonds is 4. The molecule has 2 amide bonds. The molecule has 0 unspecified atom stereocenters. The summed E-state index contributed by atoms with van der Waals surface area (Å²) in [6, 6.07) is 2.84. The number of nitrogens with one attached hydrogen (secondary N) is 1. The molecule has 2 heterocycles. The number of alkyl halides is 3. The molecule has 3 fully saturated rings. The Hall–Kier alpha value is -2.34. The van der Waals surface area contributed by atoms with Crippen LogP contribution in [0.15, 0.2) is 29.2 Å². The third-order valence-electron chi connectivity index (χ3n) is 7.38. The third kappa shape index (κ3) is 6.05. The van der Waals surface area contributed by atoms with Crippen LogP contribution in [-0.2, 0) is 25.7 Å². The largest absolute Gasteiger partial charge is 0.444 e. The Bertz CT molecular complexity index is 1140. The number of benzene rings is 1. The highest BCUT2D eigenvalue weighted by atomic mass is 32.2. The molecule has 1 N–H and O–H groups in total. The molecular weight excluding hydrogens is 511 g/mol. The first-order valence-corrected chi connectivity index (χ1v) is 14.1. The molecule has 0 aromatic heterocycles. The lowest BCUT2D eigenvalue weighted by Crippen LogP contribution is -2.55. The van der Waals surface area contributed by atoms with Gasteiger partial charge in [-0.1, -0.05) is 6.07 Å². The molecule has 4 atom stereocenters. The first kappa shape index (κ1) is 27.7. The fraction of sp³-hybridized carbons (Fsp3) is 0.680. The van der Waals surface area contributed by atoms with E-state index in [1.807, 2.05) is 0 Å². The van der Waals surface area contributed by atoms with Crippen LogP contribution in [0.5, 0.6) is 0 Å². The van der Waals surface area contributed by atoms with Gasteiger partial charge in [0.15, 0.2) is 0 Å². The second-order valence-corrected chi connectivity index (χ2v) is 13.1. The average molecular weight is 546 g/mol. The standard InChI is InChI=1S/C25H34F3N3O5S/c1-24(2,3)36-23(33)31-12-5-4-9-21(31)22(32)29-20-11-10-16-14-30(15-19(16)20)37(34,35)18-8-6-7-17(13-18)25(26,27)28/h6-8,13,16,19-21H,4-5,9-12,14-15H2,1-3H3,(H,29,32)/t16-,19+,20+,21-/m0/s1. The molecule has 2 aliphatic heterocycles. The van der Waals surface area contributed by atoms with E-state index in [-0.39, 0.29) is 36.9 Å². The molecule has 1 aromatic carbocycles. The van der Waals surface area contributed by atoms with Crippen LogP contribution in [0.3, 0.4) is 0 Å². The highest BCUT2D eigenvalue weighted by Crippen LogP contribution is 2.41. The van der Waals surface area contributed by atoms with Crippen molar-refractivity contribution < 1.29 is 35.9 Å². The molecule has 12 heteroatoms. The number of sulfonamides is 1. The third-order valence-corrected chi connectivity index (χ3v) is 9.21. The molecule has 0 spiro atoms. The summed E-state index contributed by atoms with van der Waals surface area (Å²) >= 11 is 0. The second kappa shape index (κ2) is 10.1. The maximum Gasteiger partial charge on any atom is 0.416 e. The van der Waals surface area contributed by atoms with Crippen molar-refractivity contribution in [2.24, 2.45) is 11.8 Å². The first-order chi connectivity index (χ1) is 17.2. The van der Waals surface area contributed by atoms with Crippen molar-refractivity contribution in [3.8, 4) is 0 Å². The number of fused-ring (bicyclic) bond motifs is 1. The van der Waals surface area contributed by atoms with Crippen LogP contribution in [0.2, 0.25) is 0 Å². The van der Waals surface area contributed by atoms with Crippen molar-refractivity contribution in [1.82, 2.24) is 14.5 Å². The number of likely N-dealkylation sites (tertiary alicyclic amines) is 1. The summed E-state index contributed by atoms with van der Waals surface area (Å²) in [5.41, 5.74) is -1.70. The minimum absolute atomic E-state index is 0.000751. The number of amides is 2. The summed E-state index contributed by atoms with van der Waals surface area (Å²) in [6.07, 6.45) is -1.70. The van der Waals surface area contributed by atoms with E-state index >= 15 is 0 Å². The van der Waals surface area contributed by atoms with Crippen LogP contribution in [0.4, 0.5) is 18.0 Å². The quantitative estimate of drug-likeness (QED) is 0.617. The predicted octanol–water partition coefficient (Wildman–Crippen LogP) is 4.01.